The number of hydrogen-bond acceptors (Lipinski definition) is 4. The topological polar surface area (TPSA) is 66.1 Å². The van der Waals surface area contributed by atoms with E-state index in [2.05, 4.69) is 43.3 Å². The van der Waals surface area contributed by atoms with Crippen LogP contribution in [0.1, 0.15) is 42.6 Å². The van der Waals surface area contributed by atoms with Crippen molar-refractivity contribution in [2.24, 2.45) is 16.8 Å². The van der Waals surface area contributed by atoms with Crippen LogP contribution in [0, 0.1) is 25.7 Å². The van der Waals surface area contributed by atoms with Crippen molar-refractivity contribution >= 4 is 28.6 Å². The summed E-state index contributed by atoms with van der Waals surface area (Å²) in [5, 5.41) is 1.14. The van der Waals surface area contributed by atoms with Crippen LogP contribution < -0.4 is 0 Å². The van der Waals surface area contributed by atoms with Crippen molar-refractivity contribution < 1.29 is 14.0 Å². The SMILES string of the molecule is Cc1oc2ccc(-c3ccc(C4=NC5(CC5)C(=O)N4CC4CN(C(=O)C5CC5)C4)cc3)cc2c1C. The second kappa shape index (κ2) is 7.30. The Kier molecular flexibility index (Phi) is 4.36. The van der Waals surface area contributed by atoms with Crippen molar-refractivity contribution in [3.63, 3.8) is 0 Å². The molecule has 0 unspecified atom stereocenters. The molecule has 1 spiro atoms. The first-order chi connectivity index (χ1) is 16.9. The van der Waals surface area contributed by atoms with Gasteiger partial charge in [0.15, 0.2) is 0 Å². The highest BCUT2D eigenvalue weighted by molar-refractivity contribution is 6.16. The number of carbonyl (C=O) groups is 2. The Morgan fingerprint density at radius 3 is 2.40 bits per heavy atom. The van der Waals surface area contributed by atoms with E-state index in [1.807, 2.05) is 22.8 Å². The molecular formula is C29H29N3O3. The lowest BCUT2D eigenvalue weighted by Crippen LogP contribution is -2.55. The summed E-state index contributed by atoms with van der Waals surface area (Å²) in [4.78, 5) is 34.3. The molecule has 3 aromatic rings. The van der Waals surface area contributed by atoms with E-state index < -0.39 is 5.54 Å². The Bertz CT molecular complexity index is 1400. The lowest BCUT2D eigenvalue weighted by Gasteiger charge is -2.41. The van der Waals surface area contributed by atoms with E-state index in [4.69, 9.17) is 9.41 Å². The molecule has 2 aliphatic carbocycles. The van der Waals surface area contributed by atoms with E-state index in [1.54, 1.807) is 0 Å². The van der Waals surface area contributed by atoms with E-state index in [0.29, 0.717) is 18.4 Å². The molecule has 6 nitrogen and oxygen atoms in total. The highest BCUT2D eigenvalue weighted by Crippen LogP contribution is 2.46. The smallest absolute Gasteiger partial charge is 0.256 e. The summed E-state index contributed by atoms with van der Waals surface area (Å²) in [5.74, 6) is 2.78. The van der Waals surface area contributed by atoms with Gasteiger partial charge >= 0.3 is 0 Å². The standard InChI is InChI=1S/C29H29N3O3/c1-17-18(2)35-25-10-9-23(13-24(17)25)20-3-5-21(6-4-20)26-30-29(11-12-29)28(34)32(26)16-19-14-31(15-19)27(33)22-7-8-22/h3-6,9-10,13,19,22H,7-8,11-12,14-16H2,1-2H3. The zero-order chi connectivity index (χ0) is 23.9. The van der Waals surface area contributed by atoms with Gasteiger partial charge in [0.1, 0.15) is 22.7 Å². The molecular weight excluding hydrogens is 438 g/mol. The summed E-state index contributed by atoms with van der Waals surface area (Å²) in [5.41, 5.74) is 4.81. The van der Waals surface area contributed by atoms with Crippen LogP contribution in [0.15, 0.2) is 51.9 Å². The second-order valence-electron chi connectivity index (χ2n) is 10.8. The van der Waals surface area contributed by atoms with Gasteiger partial charge in [-0.25, -0.2) is 0 Å². The minimum Gasteiger partial charge on any atom is -0.461 e. The van der Waals surface area contributed by atoms with Crippen LogP contribution in [-0.4, -0.2) is 52.6 Å². The molecule has 3 fully saturated rings. The summed E-state index contributed by atoms with van der Waals surface area (Å²) in [6.45, 7) is 6.25. The van der Waals surface area contributed by atoms with Crippen LogP contribution in [0.25, 0.3) is 22.1 Å². The maximum absolute atomic E-state index is 13.3. The molecule has 1 aromatic heterocycles. The average Bonchev–Trinajstić information content (AvgIpc) is 3.76. The number of aliphatic imine (C=N–C) groups is 1. The van der Waals surface area contributed by atoms with Crippen molar-refractivity contribution in [2.45, 2.75) is 45.1 Å². The van der Waals surface area contributed by atoms with Crippen molar-refractivity contribution in [3.05, 3.63) is 59.4 Å². The van der Waals surface area contributed by atoms with Crippen LogP contribution >= 0.6 is 0 Å². The number of furan rings is 1. The Hall–Kier alpha value is -3.41. The fourth-order valence-corrected chi connectivity index (χ4v) is 5.54. The maximum atomic E-state index is 13.3. The number of fused-ring (bicyclic) bond motifs is 1. The van der Waals surface area contributed by atoms with E-state index in [9.17, 15) is 9.59 Å². The molecule has 1 saturated heterocycles. The zero-order valence-corrected chi connectivity index (χ0v) is 20.2. The lowest BCUT2D eigenvalue weighted by molar-refractivity contribution is -0.139. The fraction of sp³-hybridized carbons (Fsp3) is 0.414. The number of nitrogens with zero attached hydrogens (tertiary/aromatic N) is 3. The molecule has 4 aliphatic rings. The third-order valence-corrected chi connectivity index (χ3v) is 8.23. The number of likely N-dealkylation sites (tertiary alicyclic amines) is 1. The summed E-state index contributed by atoms with van der Waals surface area (Å²) < 4.78 is 5.83. The van der Waals surface area contributed by atoms with Gasteiger partial charge in [-0.15, -0.1) is 0 Å². The van der Waals surface area contributed by atoms with Crippen LogP contribution in [0.3, 0.4) is 0 Å². The molecule has 2 amide bonds. The summed E-state index contributed by atoms with van der Waals surface area (Å²) in [7, 11) is 0. The van der Waals surface area contributed by atoms with Gasteiger partial charge < -0.3 is 9.32 Å². The Balaban J connectivity index is 1.12. The van der Waals surface area contributed by atoms with Gasteiger partial charge in [0.2, 0.25) is 5.91 Å². The highest BCUT2D eigenvalue weighted by atomic mass is 16.3. The maximum Gasteiger partial charge on any atom is 0.256 e. The molecule has 178 valence electrons. The number of amidine groups is 1. The van der Waals surface area contributed by atoms with E-state index in [0.717, 1.165) is 78.0 Å². The number of rotatable bonds is 5. The number of benzene rings is 2. The molecule has 0 N–H and O–H groups in total. The summed E-state index contributed by atoms with van der Waals surface area (Å²) >= 11 is 0. The molecule has 0 radical (unpaired) electrons. The van der Waals surface area contributed by atoms with Gasteiger partial charge in [-0.3, -0.25) is 19.5 Å². The predicted molar refractivity (Wildman–Crippen MR) is 134 cm³/mol. The molecule has 2 saturated carbocycles. The monoisotopic (exact) mass is 467 g/mol. The summed E-state index contributed by atoms with van der Waals surface area (Å²) in [6.07, 6.45) is 3.75. The zero-order valence-electron chi connectivity index (χ0n) is 20.2. The quantitative estimate of drug-likeness (QED) is 0.546. The fourth-order valence-electron chi connectivity index (χ4n) is 5.54. The first-order valence-corrected chi connectivity index (χ1v) is 12.7. The minimum atomic E-state index is -0.525. The number of hydrogen-bond donors (Lipinski definition) is 0. The third kappa shape index (κ3) is 3.33. The van der Waals surface area contributed by atoms with Crippen molar-refractivity contribution in [2.75, 3.05) is 19.6 Å². The van der Waals surface area contributed by atoms with Crippen LogP contribution in [0.4, 0.5) is 0 Å². The molecule has 2 aliphatic heterocycles. The second-order valence-corrected chi connectivity index (χ2v) is 10.8. The van der Waals surface area contributed by atoms with Gasteiger partial charge in [0, 0.05) is 42.4 Å². The van der Waals surface area contributed by atoms with Crippen LogP contribution in [0.5, 0.6) is 0 Å². The van der Waals surface area contributed by atoms with Crippen LogP contribution in [-0.2, 0) is 9.59 Å². The molecule has 2 aromatic carbocycles. The van der Waals surface area contributed by atoms with Crippen molar-refractivity contribution in [1.29, 1.82) is 0 Å². The van der Waals surface area contributed by atoms with Gasteiger partial charge in [0.25, 0.3) is 5.91 Å². The average molecular weight is 468 g/mol. The molecule has 0 bridgehead atoms. The molecule has 3 heterocycles. The Morgan fingerprint density at radius 2 is 1.71 bits per heavy atom. The first-order valence-electron chi connectivity index (χ1n) is 12.7. The Morgan fingerprint density at radius 1 is 1.03 bits per heavy atom. The van der Waals surface area contributed by atoms with Gasteiger partial charge in [0.05, 0.1) is 0 Å². The number of amides is 2. The summed E-state index contributed by atoms with van der Waals surface area (Å²) in [6, 6.07) is 14.7. The van der Waals surface area contributed by atoms with Crippen LogP contribution in [0.2, 0.25) is 0 Å². The lowest BCUT2D eigenvalue weighted by atomic mass is 9.97. The first kappa shape index (κ1) is 20.9. The number of aryl methyl sites for hydroxylation is 2. The van der Waals surface area contributed by atoms with Gasteiger partial charge in [-0.2, -0.15) is 0 Å². The molecule has 0 atom stereocenters. The third-order valence-electron chi connectivity index (χ3n) is 8.23. The largest absolute Gasteiger partial charge is 0.461 e. The molecule has 35 heavy (non-hydrogen) atoms. The van der Waals surface area contributed by atoms with E-state index in [1.165, 1.54) is 5.56 Å². The van der Waals surface area contributed by atoms with Gasteiger partial charge in [-0.05, 0) is 68.4 Å². The van der Waals surface area contributed by atoms with Crippen molar-refractivity contribution in [1.82, 2.24) is 9.80 Å². The minimum absolute atomic E-state index is 0.139. The highest BCUT2D eigenvalue weighted by Gasteiger charge is 2.57. The van der Waals surface area contributed by atoms with Gasteiger partial charge in [-0.1, -0.05) is 30.3 Å². The molecule has 7 rings (SSSR count). The molecule has 6 heteroatoms. The van der Waals surface area contributed by atoms with E-state index >= 15 is 0 Å². The normalized spacial score (nSPS) is 21.1. The van der Waals surface area contributed by atoms with Crippen molar-refractivity contribution in [3.8, 4) is 11.1 Å². The van der Waals surface area contributed by atoms with E-state index in [-0.39, 0.29) is 11.8 Å². The Labute approximate surface area is 204 Å². The number of carbonyl (C=O) groups excluding carboxylic acids is 2. The predicted octanol–water partition coefficient (Wildman–Crippen LogP) is 4.71.